The van der Waals surface area contributed by atoms with Gasteiger partial charge in [0.2, 0.25) is 0 Å². The number of nitrogens with one attached hydrogen (secondary N) is 1. The van der Waals surface area contributed by atoms with Crippen LogP contribution in [0.2, 0.25) is 0 Å². The fraction of sp³-hybridized carbons (Fsp3) is 0.111. The van der Waals surface area contributed by atoms with E-state index < -0.39 is 30.0 Å². The number of anilines is 1. The van der Waals surface area contributed by atoms with Crippen molar-refractivity contribution in [3.8, 4) is 11.1 Å². The number of H-pyrrole nitrogens is 1. The summed E-state index contributed by atoms with van der Waals surface area (Å²) in [5.41, 5.74) is 0.199. The summed E-state index contributed by atoms with van der Waals surface area (Å²) >= 11 is 0. The number of hydrogen-bond acceptors (Lipinski definition) is 2. The molecule has 1 amide bonds. The molecule has 0 saturated heterocycles. The van der Waals surface area contributed by atoms with Crippen molar-refractivity contribution in [2.75, 3.05) is 11.9 Å². The molecule has 26 heavy (non-hydrogen) atoms. The summed E-state index contributed by atoms with van der Waals surface area (Å²) in [7, 11) is 1.41. The molecule has 4 nitrogen and oxygen atoms in total. The summed E-state index contributed by atoms with van der Waals surface area (Å²) in [5.74, 6) is -4.06. The first-order valence-electron chi connectivity index (χ1n) is 7.54. The van der Waals surface area contributed by atoms with Gasteiger partial charge in [-0.3, -0.25) is 9.89 Å². The molecule has 0 atom stereocenters. The van der Waals surface area contributed by atoms with E-state index in [0.717, 1.165) is 6.07 Å². The van der Waals surface area contributed by atoms with Crippen LogP contribution in [0.4, 0.5) is 23.2 Å². The molecule has 3 rings (SSSR count). The Hall–Kier alpha value is -3.16. The van der Waals surface area contributed by atoms with Gasteiger partial charge >= 0.3 is 0 Å². The van der Waals surface area contributed by atoms with Crippen LogP contribution < -0.4 is 4.90 Å². The molecule has 0 spiro atoms. The molecule has 0 aliphatic heterocycles. The normalized spacial score (nSPS) is 10.8. The molecule has 1 heterocycles. The van der Waals surface area contributed by atoms with Crippen LogP contribution in [0.15, 0.2) is 42.6 Å². The third-order valence-electron chi connectivity index (χ3n) is 3.95. The first-order chi connectivity index (χ1) is 12.4. The van der Waals surface area contributed by atoms with Gasteiger partial charge in [0.1, 0.15) is 18.2 Å². The van der Waals surface area contributed by atoms with Gasteiger partial charge in [-0.25, -0.2) is 17.6 Å². The highest BCUT2D eigenvalue weighted by atomic mass is 19.2. The third kappa shape index (κ3) is 3.05. The van der Waals surface area contributed by atoms with Crippen molar-refractivity contribution in [2.24, 2.45) is 0 Å². The van der Waals surface area contributed by atoms with E-state index >= 15 is 0 Å². The first kappa shape index (κ1) is 17.7. The first-order valence-corrected chi connectivity index (χ1v) is 7.54. The second-order valence-corrected chi connectivity index (χ2v) is 5.51. The topological polar surface area (TPSA) is 49.0 Å². The Morgan fingerprint density at radius 1 is 1.08 bits per heavy atom. The molecule has 0 unspecified atom stereocenters. The monoisotopic (exact) mass is 363 g/mol. The fourth-order valence-electron chi connectivity index (χ4n) is 2.62. The van der Waals surface area contributed by atoms with Crippen molar-refractivity contribution in [3.05, 3.63) is 71.3 Å². The lowest BCUT2D eigenvalue weighted by Crippen LogP contribution is -2.27. The van der Waals surface area contributed by atoms with Crippen molar-refractivity contribution >= 4 is 11.6 Å². The van der Waals surface area contributed by atoms with Crippen LogP contribution in [0, 0.1) is 17.5 Å². The van der Waals surface area contributed by atoms with Crippen molar-refractivity contribution in [3.63, 3.8) is 0 Å². The lowest BCUT2D eigenvalue weighted by Gasteiger charge is -2.21. The maximum Gasteiger partial charge on any atom is 0.261 e. The molecule has 1 aromatic heterocycles. The molecule has 0 saturated carbocycles. The van der Waals surface area contributed by atoms with Crippen molar-refractivity contribution in [1.29, 1.82) is 0 Å². The predicted octanol–water partition coefficient (Wildman–Crippen LogP) is 4.24. The number of aromatic amines is 1. The Balaban J connectivity index is 2.08. The second kappa shape index (κ2) is 6.99. The van der Waals surface area contributed by atoms with E-state index in [9.17, 15) is 22.4 Å². The number of alkyl halides is 1. The summed E-state index contributed by atoms with van der Waals surface area (Å²) in [4.78, 5) is 13.8. The van der Waals surface area contributed by atoms with E-state index in [-0.39, 0.29) is 28.1 Å². The lowest BCUT2D eigenvalue weighted by molar-refractivity contribution is 0.0991. The van der Waals surface area contributed by atoms with Crippen LogP contribution in [0.3, 0.4) is 0 Å². The van der Waals surface area contributed by atoms with Crippen LogP contribution in [0.5, 0.6) is 0 Å². The van der Waals surface area contributed by atoms with E-state index in [1.807, 2.05) is 0 Å². The quantitative estimate of drug-likeness (QED) is 0.557. The highest BCUT2D eigenvalue weighted by Crippen LogP contribution is 2.33. The molecule has 8 heteroatoms. The number of nitrogens with zero attached hydrogens (tertiary/aromatic N) is 2. The van der Waals surface area contributed by atoms with Gasteiger partial charge in [-0.2, -0.15) is 5.10 Å². The smallest absolute Gasteiger partial charge is 0.261 e. The maximum atomic E-state index is 14.2. The zero-order valence-electron chi connectivity index (χ0n) is 13.6. The Kier molecular flexibility index (Phi) is 4.75. The zero-order valence-corrected chi connectivity index (χ0v) is 13.6. The molecule has 0 fully saturated rings. The summed E-state index contributed by atoms with van der Waals surface area (Å²) in [6, 6.07) is 7.34. The number of aromatic nitrogens is 2. The average Bonchev–Trinajstić information content (AvgIpc) is 3.12. The van der Waals surface area contributed by atoms with E-state index in [2.05, 4.69) is 10.2 Å². The molecule has 2 aromatic carbocycles. The van der Waals surface area contributed by atoms with Gasteiger partial charge in [0.25, 0.3) is 5.91 Å². The Morgan fingerprint density at radius 3 is 2.50 bits per heavy atom. The van der Waals surface area contributed by atoms with E-state index in [1.54, 1.807) is 12.1 Å². The average molecular weight is 363 g/mol. The molecule has 3 aromatic rings. The molecule has 134 valence electrons. The van der Waals surface area contributed by atoms with Gasteiger partial charge in [-0.05, 0) is 12.1 Å². The number of benzene rings is 2. The number of para-hydroxylation sites is 1. The maximum absolute atomic E-state index is 14.2. The summed E-state index contributed by atoms with van der Waals surface area (Å²) in [5, 5.41) is 6.07. The van der Waals surface area contributed by atoms with E-state index in [1.165, 1.54) is 30.3 Å². The third-order valence-corrected chi connectivity index (χ3v) is 3.95. The van der Waals surface area contributed by atoms with Crippen molar-refractivity contribution in [1.82, 2.24) is 10.2 Å². The Morgan fingerprint density at radius 2 is 1.77 bits per heavy atom. The second-order valence-electron chi connectivity index (χ2n) is 5.51. The molecule has 0 bridgehead atoms. The predicted molar refractivity (Wildman–Crippen MR) is 87.9 cm³/mol. The summed E-state index contributed by atoms with van der Waals surface area (Å²) in [6.45, 7) is -0.933. The van der Waals surface area contributed by atoms with Crippen LogP contribution in [-0.2, 0) is 6.67 Å². The molecular formula is C18H13F4N3O. The zero-order chi connectivity index (χ0) is 18.8. The number of hydrogen-bond donors (Lipinski definition) is 1. The van der Waals surface area contributed by atoms with Crippen molar-refractivity contribution < 1.29 is 22.4 Å². The number of rotatable bonds is 4. The van der Waals surface area contributed by atoms with Crippen LogP contribution >= 0.6 is 0 Å². The number of halogens is 4. The highest BCUT2D eigenvalue weighted by molar-refractivity contribution is 6.08. The van der Waals surface area contributed by atoms with E-state index in [4.69, 9.17) is 0 Å². The number of amides is 1. The molecule has 0 aliphatic carbocycles. The van der Waals surface area contributed by atoms with Gasteiger partial charge in [-0.1, -0.05) is 18.2 Å². The largest absolute Gasteiger partial charge is 0.311 e. The minimum atomic E-state index is -1.31. The molecule has 0 aliphatic rings. The van der Waals surface area contributed by atoms with E-state index in [0.29, 0.717) is 6.07 Å². The Labute approximate surface area is 146 Å². The van der Waals surface area contributed by atoms with Gasteiger partial charge in [0.15, 0.2) is 11.6 Å². The minimum Gasteiger partial charge on any atom is -0.311 e. The van der Waals surface area contributed by atoms with Gasteiger partial charge < -0.3 is 4.90 Å². The standard InChI is InChI=1S/C18H13F4N3O/c1-25(18(26)12-9-23-24-16(12)8-19)17-5-3-2-4-10(17)11-6-14(21)15(22)7-13(11)20/h2-7,9H,8H2,1H3,(H,23,24). The van der Waals surface area contributed by atoms with Crippen molar-refractivity contribution in [2.45, 2.75) is 6.67 Å². The fourth-order valence-corrected chi connectivity index (χ4v) is 2.62. The summed E-state index contributed by atoms with van der Waals surface area (Å²) in [6.07, 6.45) is 1.26. The number of carbonyl (C=O) groups is 1. The van der Waals surface area contributed by atoms with Crippen LogP contribution in [0.25, 0.3) is 11.1 Å². The van der Waals surface area contributed by atoms with Gasteiger partial charge in [0, 0.05) is 30.4 Å². The molecular weight excluding hydrogens is 350 g/mol. The van der Waals surface area contributed by atoms with Crippen LogP contribution in [-0.4, -0.2) is 23.2 Å². The lowest BCUT2D eigenvalue weighted by atomic mass is 10.0. The summed E-state index contributed by atoms with van der Waals surface area (Å²) < 4.78 is 53.9. The molecule has 0 radical (unpaired) electrons. The van der Waals surface area contributed by atoms with Crippen LogP contribution in [0.1, 0.15) is 16.1 Å². The highest BCUT2D eigenvalue weighted by Gasteiger charge is 2.22. The van der Waals surface area contributed by atoms with Gasteiger partial charge in [0.05, 0.1) is 11.3 Å². The Bertz CT molecular complexity index is 971. The molecule has 1 N–H and O–H groups in total. The minimum absolute atomic E-state index is 0.0237. The van der Waals surface area contributed by atoms with Gasteiger partial charge in [-0.15, -0.1) is 0 Å². The number of carbonyl (C=O) groups excluding carboxylic acids is 1. The SMILES string of the molecule is CN(C(=O)c1c[nH]nc1CF)c1ccccc1-c1cc(F)c(F)cc1F.